The van der Waals surface area contributed by atoms with Gasteiger partial charge >= 0.3 is 5.97 Å². The summed E-state index contributed by atoms with van der Waals surface area (Å²) < 4.78 is 5.56. The van der Waals surface area contributed by atoms with Crippen molar-refractivity contribution in [1.29, 1.82) is 0 Å². The van der Waals surface area contributed by atoms with E-state index in [9.17, 15) is 4.79 Å². The number of carboxylic acid groups (broad SMARTS) is 1. The quantitative estimate of drug-likeness (QED) is 0.766. The second-order valence-corrected chi connectivity index (χ2v) is 4.48. The van der Waals surface area contributed by atoms with Crippen molar-refractivity contribution in [3.63, 3.8) is 0 Å². The molecular formula is C16H18N2O3. The van der Waals surface area contributed by atoms with E-state index >= 15 is 0 Å². The minimum atomic E-state index is -0.948. The third-order valence-corrected chi connectivity index (χ3v) is 2.91. The summed E-state index contributed by atoms with van der Waals surface area (Å²) in [5.41, 5.74) is 0.995. The largest absolute Gasteiger partial charge is 0.492 e. The van der Waals surface area contributed by atoms with E-state index in [2.05, 4.69) is 10.3 Å². The van der Waals surface area contributed by atoms with Crippen LogP contribution in [-0.2, 0) is 6.42 Å². The van der Waals surface area contributed by atoms with Crippen LogP contribution in [-0.4, -0.2) is 29.2 Å². The molecule has 0 radical (unpaired) electrons. The van der Waals surface area contributed by atoms with Crippen LogP contribution in [0.5, 0.6) is 5.75 Å². The summed E-state index contributed by atoms with van der Waals surface area (Å²) >= 11 is 0. The van der Waals surface area contributed by atoms with E-state index < -0.39 is 5.97 Å². The summed E-state index contributed by atoms with van der Waals surface area (Å²) in [7, 11) is 0. The first-order valence-electron chi connectivity index (χ1n) is 6.85. The van der Waals surface area contributed by atoms with Gasteiger partial charge in [-0.3, -0.25) is 0 Å². The van der Waals surface area contributed by atoms with Crippen molar-refractivity contribution in [3.05, 3.63) is 53.7 Å². The summed E-state index contributed by atoms with van der Waals surface area (Å²) in [5, 5.41) is 12.2. The number of benzene rings is 1. The summed E-state index contributed by atoms with van der Waals surface area (Å²) in [4.78, 5) is 15.4. The fourth-order valence-corrected chi connectivity index (χ4v) is 1.85. The summed E-state index contributed by atoms with van der Waals surface area (Å²) in [6, 6.07) is 12.6. The lowest BCUT2D eigenvalue weighted by molar-refractivity contribution is 0.0696. The third kappa shape index (κ3) is 4.49. The van der Waals surface area contributed by atoms with Gasteiger partial charge in [-0.05, 0) is 30.7 Å². The Labute approximate surface area is 123 Å². The number of rotatable bonds is 7. The van der Waals surface area contributed by atoms with Crippen molar-refractivity contribution in [2.75, 3.05) is 18.5 Å². The molecule has 21 heavy (non-hydrogen) atoms. The number of carbonyl (C=O) groups is 1. The second kappa shape index (κ2) is 7.28. The van der Waals surface area contributed by atoms with Crippen LogP contribution in [0.25, 0.3) is 0 Å². The number of nitrogens with zero attached hydrogens (tertiary/aromatic N) is 1. The molecule has 0 saturated heterocycles. The van der Waals surface area contributed by atoms with Gasteiger partial charge in [0.1, 0.15) is 18.2 Å². The Bertz CT molecular complexity index is 600. The first-order valence-corrected chi connectivity index (χ1v) is 6.85. The van der Waals surface area contributed by atoms with Gasteiger partial charge in [0.05, 0.1) is 12.1 Å². The van der Waals surface area contributed by atoms with Gasteiger partial charge in [0.15, 0.2) is 0 Å². The zero-order valence-electron chi connectivity index (χ0n) is 11.9. The molecule has 0 aliphatic heterocycles. The van der Waals surface area contributed by atoms with Gasteiger partial charge in [-0.25, -0.2) is 9.78 Å². The van der Waals surface area contributed by atoms with Gasteiger partial charge in [-0.15, -0.1) is 0 Å². The maximum absolute atomic E-state index is 11.1. The maximum Gasteiger partial charge on any atom is 0.335 e. The molecule has 0 amide bonds. The van der Waals surface area contributed by atoms with Crippen molar-refractivity contribution in [3.8, 4) is 5.75 Å². The Morgan fingerprint density at radius 2 is 2.05 bits per heavy atom. The highest BCUT2D eigenvalue weighted by atomic mass is 16.5. The van der Waals surface area contributed by atoms with Crippen LogP contribution in [0, 0.1) is 0 Å². The van der Waals surface area contributed by atoms with Gasteiger partial charge in [-0.2, -0.15) is 0 Å². The predicted octanol–water partition coefficient (Wildman–Crippen LogP) is 2.83. The Kier molecular flexibility index (Phi) is 5.15. The van der Waals surface area contributed by atoms with Crippen LogP contribution in [0.2, 0.25) is 0 Å². The fourth-order valence-electron chi connectivity index (χ4n) is 1.85. The SMILES string of the molecule is CCc1cc(C(=O)O)cc(NCCOc2ccccc2)n1. The van der Waals surface area contributed by atoms with Crippen LogP contribution in [0.4, 0.5) is 5.82 Å². The number of pyridine rings is 1. The number of hydrogen-bond acceptors (Lipinski definition) is 4. The first-order chi connectivity index (χ1) is 10.2. The smallest absolute Gasteiger partial charge is 0.335 e. The zero-order chi connectivity index (χ0) is 15.1. The number of aromatic nitrogens is 1. The molecule has 5 heteroatoms. The lowest BCUT2D eigenvalue weighted by atomic mass is 10.2. The molecule has 0 aliphatic rings. The molecule has 110 valence electrons. The maximum atomic E-state index is 11.1. The van der Waals surface area contributed by atoms with E-state index in [0.29, 0.717) is 25.4 Å². The number of ether oxygens (including phenoxy) is 1. The number of para-hydroxylation sites is 1. The molecule has 0 unspecified atom stereocenters. The van der Waals surface area contributed by atoms with Crippen LogP contribution in [0.1, 0.15) is 23.0 Å². The third-order valence-electron chi connectivity index (χ3n) is 2.91. The monoisotopic (exact) mass is 286 g/mol. The molecule has 0 spiro atoms. The average molecular weight is 286 g/mol. The predicted molar refractivity (Wildman–Crippen MR) is 81.0 cm³/mol. The van der Waals surface area contributed by atoms with Gasteiger partial charge in [-0.1, -0.05) is 25.1 Å². The van der Waals surface area contributed by atoms with Crippen molar-refractivity contribution in [2.24, 2.45) is 0 Å². The van der Waals surface area contributed by atoms with Crippen LogP contribution >= 0.6 is 0 Å². The molecule has 2 rings (SSSR count). The normalized spacial score (nSPS) is 10.1. The van der Waals surface area contributed by atoms with Crippen molar-refractivity contribution in [2.45, 2.75) is 13.3 Å². The van der Waals surface area contributed by atoms with E-state index in [-0.39, 0.29) is 5.56 Å². The molecule has 0 bridgehead atoms. The van der Waals surface area contributed by atoms with Crippen molar-refractivity contribution < 1.29 is 14.6 Å². The Morgan fingerprint density at radius 1 is 1.29 bits per heavy atom. The fraction of sp³-hybridized carbons (Fsp3) is 0.250. The first kappa shape index (κ1) is 14.8. The average Bonchev–Trinajstić information content (AvgIpc) is 2.52. The second-order valence-electron chi connectivity index (χ2n) is 4.48. The van der Waals surface area contributed by atoms with E-state index in [1.807, 2.05) is 37.3 Å². The highest BCUT2D eigenvalue weighted by molar-refractivity contribution is 5.88. The molecule has 0 atom stereocenters. The molecule has 2 aromatic rings. The van der Waals surface area contributed by atoms with E-state index in [0.717, 1.165) is 11.4 Å². The Balaban J connectivity index is 1.90. The van der Waals surface area contributed by atoms with E-state index in [1.165, 1.54) is 6.07 Å². The summed E-state index contributed by atoms with van der Waals surface area (Å²) in [6.07, 6.45) is 0.691. The standard InChI is InChI=1S/C16H18N2O3/c1-2-13-10-12(16(19)20)11-15(18-13)17-8-9-21-14-6-4-3-5-7-14/h3-7,10-11H,2,8-9H2,1H3,(H,17,18)(H,19,20). The molecule has 2 N–H and O–H groups in total. The van der Waals surface area contributed by atoms with Gasteiger partial charge in [0, 0.05) is 5.69 Å². The number of hydrogen-bond donors (Lipinski definition) is 2. The molecule has 0 aliphatic carbocycles. The summed E-state index contributed by atoms with van der Waals surface area (Å²) in [6.45, 7) is 2.97. The molecular weight excluding hydrogens is 268 g/mol. The Hall–Kier alpha value is -2.56. The molecule has 0 fully saturated rings. The zero-order valence-corrected chi connectivity index (χ0v) is 11.9. The number of aromatic carboxylic acids is 1. The lowest BCUT2D eigenvalue weighted by Crippen LogP contribution is -2.13. The van der Waals surface area contributed by atoms with Crippen LogP contribution < -0.4 is 10.1 Å². The number of nitrogens with one attached hydrogen (secondary N) is 1. The van der Waals surface area contributed by atoms with Gasteiger partial charge in [0.2, 0.25) is 0 Å². The summed E-state index contributed by atoms with van der Waals surface area (Å²) in [5.74, 6) is 0.417. The van der Waals surface area contributed by atoms with Crippen LogP contribution in [0.3, 0.4) is 0 Å². The Morgan fingerprint density at radius 3 is 2.71 bits per heavy atom. The van der Waals surface area contributed by atoms with Crippen LogP contribution in [0.15, 0.2) is 42.5 Å². The molecule has 1 aromatic heterocycles. The highest BCUT2D eigenvalue weighted by Gasteiger charge is 2.07. The molecule has 5 nitrogen and oxygen atoms in total. The topological polar surface area (TPSA) is 71.5 Å². The molecule has 1 heterocycles. The van der Waals surface area contributed by atoms with Gasteiger partial charge in [0.25, 0.3) is 0 Å². The molecule has 0 saturated carbocycles. The number of carboxylic acids is 1. The lowest BCUT2D eigenvalue weighted by Gasteiger charge is -2.09. The van der Waals surface area contributed by atoms with Gasteiger partial charge < -0.3 is 15.2 Å². The van der Waals surface area contributed by atoms with E-state index in [1.54, 1.807) is 6.07 Å². The minimum absolute atomic E-state index is 0.244. The number of aryl methyl sites for hydroxylation is 1. The van der Waals surface area contributed by atoms with E-state index in [4.69, 9.17) is 9.84 Å². The molecule has 1 aromatic carbocycles. The van der Waals surface area contributed by atoms with Crippen molar-refractivity contribution >= 4 is 11.8 Å². The highest BCUT2D eigenvalue weighted by Crippen LogP contribution is 2.12. The number of anilines is 1. The minimum Gasteiger partial charge on any atom is -0.492 e. The van der Waals surface area contributed by atoms with Crippen molar-refractivity contribution in [1.82, 2.24) is 4.98 Å².